The molecule has 0 aromatic heterocycles. The quantitative estimate of drug-likeness (QED) is 0.919. The Labute approximate surface area is 136 Å². The van der Waals surface area contributed by atoms with Crippen molar-refractivity contribution in [2.24, 2.45) is 11.7 Å². The number of nitrogens with two attached hydrogens (primary N) is 1. The van der Waals surface area contributed by atoms with Crippen LogP contribution < -0.4 is 5.73 Å². The minimum atomic E-state index is 0.184. The molecule has 1 aliphatic heterocycles. The summed E-state index contributed by atoms with van der Waals surface area (Å²) in [7, 11) is 0. The van der Waals surface area contributed by atoms with Gasteiger partial charge in [0, 0.05) is 25.6 Å². The van der Waals surface area contributed by atoms with Crippen molar-refractivity contribution in [3.63, 3.8) is 0 Å². The van der Waals surface area contributed by atoms with Crippen LogP contribution in [0.3, 0.4) is 0 Å². The zero-order valence-electron chi connectivity index (χ0n) is 12.3. The summed E-state index contributed by atoms with van der Waals surface area (Å²) in [5, 5.41) is 1.08. The Morgan fingerprint density at radius 2 is 2.14 bits per heavy atom. The predicted octanol–water partition coefficient (Wildman–Crippen LogP) is 3.51. The van der Waals surface area contributed by atoms with E-state index in [9.17, 15) is 4.79 Å². The van der Waals surface area contributed by atoms with E-state index in [0.29, 0.717) is 35.3 Å². The second-order valence-electron chi connectivity index (χ2n) is 5.85. The van der Waals surface area contributed by atoms with Crippen LogP contribution in [0, 0.1) is 5.92 Å². The monoisotopic (exact) mass is 328 g/mol. The maximum absolute atomic E-state index is 12.4. The summed E-state index contributed by atoms with van der Waals surface area (Å²) >= 11 is 11.9. The van der Waals surface area contributed by atoms with Crippen molar-refractivity contribution in [3.05, 3.63) is 33.8 Å². The van der Waals surface area contributed by atoms with Gasteiger partial charge in [-0.15, -0.1) is 0 Å². The molecule has 0 saturated carbocycles. The van der Waals surface area contributed by atoms with E-state index in [-0.39, 0.29) is 11.9 Å². The minimum Gasteiger partial charge on any atom is -0.338 e. The number of rotatable bonds is 4. The van der Waals surface area contributed by atoms with Gasteiger partial charge in [0.25, 0.3) is 0 Å². The fourth-order valence-electron chi connectivity index (χ4n) is 2.89. The van der Waals surface area contributed by atoms with Crippen molar-refractivity contribution < 1.29 is 4.79 Å². The SMILES string of the molecule is CC1CCN(C(=O)CCc2ccc(Cl)c(Cl)c2)C(CN)C1. The van der Waals surface area contributed by atoms with Crippen molar-refractivity contribution in [1.29, 1.82) is 0 Å². The number of nitrogens with zero attached hydrogens (tertiary/aromatic N) is 1. The Morgan fingerprint density at radius 3 is 2.81 bits per heavy atom. The van der Waals surface area contributed by atoms with Gasteiger partial charge in [-0.2, -0.15) is 0 Å². The number of halogens is 2. The van der Waals surface area contributed by atoms with Gasteiger partial charge in [0.15, 0.2) is 0 Å². The van der Waals surface area contributed by atoms with Crippen LogP contribution in [0.4, 0.5) is 0 Å². The van der Waals surface area contributed by atoms with E-state index >= 15 is 0 Å². The Morgan fingerprint density at radius 1 is 1.38 bits per heavy atom. The van der Waals surface area contributed by atoms with E-state index in [1.165, 1.54) is 0 Å². The molecular weight excluding hydrogens is 307 g/mol. The van der Waals surface area contributed by atoms with Gasteiger partial charge in [-0.25, -0.2) is 0 Å². The molecule has 2 rings (SSSR count). The number of carbonyl (C=O) groups is 1. The number of aryl methyl sites for hydroxylation is 1. The second kappa shape index (κ2) is 7.48. The van der Waals surface area contributed by atoms with Crippen molar-refractivity contribution in [2.45, 2.75) is 38.6 Å². The lowest BCUT2D eigenvalue weighted by atomic mass is 9.92. The molecule has 0 bridgehead atoms. The molecule has 2 N–H and O–H groups in total. The molecule has 21 heavy (non-hydrogen) atoms. The van der Waals surface area contributed by atoms with Crippen molar-refractivity contribution in [3.8, 4) is 0 Å². The summed E-state index contributed by atoms with van der Waals surface area (Å²) in [6.45, 7) is 3.59. The van der Waals surface area contributed by atoms with E-state index in [4.69, 9.17) is 28.9 Å². The maximum Gasteiger partial charge on any atom is 0.223 e. The summed E-state index contributed by atoms with van der Waals surface area (Å²) < 4.78 is 0. The van der Waals surface area contributed by atoms with Gasteiger partial charge < -0.3 is 10.6 Å². The van der Waals surface area contributed by atoms with Gasteiger partial charge in [0.05, 0.1) is 10.0 Å². The topological polar surface area (TPSA) is 46.3 Å². The molecule has 3 nitrogen and oxygen atoms in total. The lowest BCUT2D eigenvalue weighted by molar-refractivity contribution is -0.135. The van der Waals surface area contributed by atoms with Gasteiger partial charge in [-0.05, 0) is 42.9 Å². The van der Waals surface area contributed by atoms with Crippen LogP contribution in [0.2, 0.25) is 10.0 Å². The molecular formula is C16H22Cl2N2O. The normalized spacial score (nSPS) is 22.4. The third kappa shape index (κ3) is 4.35. The lowest BCUT2D eigenvalue weighted by Crippen LogP contribution is -2.49. The first-order valence-electron chi connectivity index (χ1n) is 7.44. The Bertz CT molecular complexity index is 507. The number of hydrogen-bond acceptors (Lipinski definition) is 2. The molecule has 1 aromatic carbocycles. The Hall–Kier alpha value is -0.770. The summed E-state index contributed by atoms with van der Waals surface area (Å²) in [6.07, 6.45) is 3.24. The van der Waals surface area contributed by atoms with Crippen LogP contribution in [-0.2, 0) is 11.2 Å². The highest BCUT2D eigenvalue weighted by Gasteiger charge is 2.28. The molecule has 0 radical (unpaired) electrons. The number of benzene rings is 1. The van der Waals surface area contributed by atoms with Crippen LogP contribution in [0.25, 0.3) is 0 Å². The van der Waals surface area contributed by atoms with Crippen molar-refractivity contribution in [2.75, 3.05) is 13.1 Å². The molecule has 2 atom stereocenters. The number of amides is 1. The molecule has 0 aliphatic carbocycles. The van der Waals surface area contributed by atoms with Crippen molar-refractivity contribution in [1.82, 2.24) is 4.90 Å². The number of hydrogen-bond donors (Lipinski definition) is 1. The smallest absolute Gasteiger partial charge is 0.223 e. The Kier molecular flexibility index (Phi) is 5.91. The van der Waals surface area contributed by atoms with E-state index in [2.05, 4.69) is 6.92 Å². The minimum absolute atomic E-state index is 0.184. The Balaban J connectivity index is 1.93. The molecule has 1 fully saturated rings. The van der Waals surface area contributed by atoms with Crippen LogP contribution in [-0.4, -0.2) is 29.9 Å². The van der Waals surface area contributed by atoms with Gasteiger partial charge in [-0.3, -0.25) is 4.79 Å². The van der Waals surface area contributed by atoms with E-state index in [1.807, 2.05) is 17.0 Å². The highest BCUT2D eigenvalue weighted by molar-refractivity contribution is 6.42. The number of carbonyl (C=O) groups excluding carboxylic acids is 1. The van der Waals surface area contributed by atoms with E-state index < -0.39 is 0 Å². The summed E-state index contributed by atoms with van der Waals surface area (Å²) in [5.74, 6) is 0.834. The average Bonchev–Trinajstić information content (AvgIpc) is 2.48. The molecule has 2 unspecified atom stereocenters. The highest BCUT2D eigenvalue weighted by atomic mass is 35.5. The van der Waals surface area contributed by atoms with Gasteiger partial charge in [0.1, 0.15) is 0 Å². The molecule has 1 aromatic rings. The number of piperidine rings is 1. The molecule has 5 heteroatoms. The first-order valence-corrected chi connectivity index (χ1v) is 8.20. The van der Waals surface area contributed by atoms with E-state index in [0.717, 1.165) is 24.9 Å². The van der Waals surface area contributed by atoms with Crippen molar-refractivity contribution >= 4 is 29.1 Å². The van der Waals surface area contributed by atoms with Crippen LogP contribution >= 0.6 is 23.2 Å². The lowest BCUT2D eigenvalue weighted by Gasteiger charge is -2.38. The summed E-state index contributed by atoms with van der Waals surface area (Å²) in [4.78, 5) is 14.4. The fourth-order valence-corrected chi connectivity index (χ4v) is 3.21. The van der Waals surface area contributed by atoms with Gasteiger partial charge in [-0.1, -0.05) is 36.2 Å². The first-order chi connectivity index (χ1) is 10.0. The summed E-state index contributed by atoms with van der Waals surface area (Å²) in [6, 6.07) is 5.71. The zero-order valence-corrected chi connectivity index (χ0v) is 13.8. The maximum atomic E-state index is 12.4. The molecule has 1 heterocycles. The van der Waals surface area contributed by atoms with Crippen LogP contribution in [0.5, 0.6) is 0 Å². The van der Waals surface area contributed by atoms with Crippen LogP contribution in [0.1, 0.15) is 31.7 Å². The number of likely N-dealkylation sites (tertiary alicyclic amines) is 1. The average molecular weight is 329 g/mol. The van der Waals surface area contributed by atoms with E-state index in [1.54, 1.807) is 6.07 Å². The third-order valence-electron chi connectivity index (χ3n) is 4.18. The molecule has 0 spiro atoms. The van der Waals surface area contributed by atoms with Crippen LogP contribution in [0.15, 0.2) is 18.2 Å². The second-order valence-corrected chi connectivity index (χ2v) is 6.67. The van der Waals surface area contributed by atoms with Gasteiger partial charge in [0.2, 0.25) is 5.91 Å². The molecule has 1 saturated heterocycles. The molecule has 1 aliphatic rings. The zero-order chi connectivity index (χ0) is 15.4. The third-order valence-corrected chi connectivity index (χ3v) is 4.92. The fraction of sp³-hybridized carbons (Fsp3) is 0.562. The highest BCUT2D eigenvalue weighted by Crippen LogP contribution is 2.25. The first kappa shape index (κ1) is 16.6. The largest absolute Gasteiger partial charge is 0.338 e. The predicted molar refractivity (Wildman–Crippen MR) is 87.7 cm³/mol. The van der Waals surface area contributed by atoms with Gasteiger partial charge >= 0.3 is 0 Å². The molecule has 1 amide bonds. The molecule has 116 valence electrons. The summed E-state index contributed by atoms with van der Waals surface area (Å²) in [5.41, 5.74) is 6.85. The standard InChI is InChI=1S/C16H22Cl2N2O/c1-11-6-7-20(13(8-11)10-19)16(21)5-3-12-2-4-14(17)15(18)9-12/h2,4,9,11,13H,3,5-8,10,19H2,1H3.